The Kier molecular flexibility index (Phi) is 6.47. The lowest BCUT2D eigenvalue weighted by Gasteiger charge is -2.18. The molecule has 0 aliphatic heterocycles. The molecule has 24 heavy (non-hydrogen) atoms. The largest absolute Gasteiger partial charge is 0.492 e. The van der Waals surface area contributed by atoms with Crippen LogP contribution < -0.4 is 9.47 Å². The minimum Gasteiger partial charge on any atom is -0.492 e. The van der Waals surface area contributed by atoms with Crippen LogP contribution in [0.15, 0.2) is 48.5 Å². The monoisotopic (exact) mass is 344 g/mol. The third kappa shape index (κ3) is 5.18. The molecule has 0 spiro atoms. The van der Waals surface area contributed by atoms with Crippen LogP contribution in [0.1, 0.15) is 5.56 Å². The van der Waals surface area contributed by atoms with Gasteiger partial charge in [0.1, 0.15) is 24.2 Å². The van der Waals surface area contributed by atoms with Crippen LogP contribution in [0.25, 0.3) is 0 Å². The molecule has 1 amide bonds. The molecule has 0 aromatic heterocycles. The van der Waals surface area contributed by atoms with Gasteiger partial charge in [0.15, 0.2) is 6.61 Å². The number of hydrogen-bond acceptors (Lipinski definition) is 4. The molecular weight excluding hydrogens is 328 g/mol. The number of carbonyl (C=O) groups excluding carboxylic acids is 1. The number of benzene rings is 2. The molecule has 0 heterocycles. The Hall–Kier alpha value is -2.71. The average Bonchev–Trinajstić information content (AvgIpc) is 2.61. The summed E-state index contributed by atoms with van der Waals surface area (Å²) in [5.74, 6) is 0.904. The number of ether oxygens (including phenoxy) is 2. The first-order valence-electron chi connectivity index (χ1n) is 7.34. The van der Waals surface area contributed by atoms with Gasteiger partial charge in [-0.25, -0.2) is 0 Å². The molecule has 0 bridgehead atoms. The first-order chi connectivity index (χ1) is 11.6. The van der Waals surface area contributed by atoms with Gasteiger partial charge in [0.05, 0.1) is 12.1 Å². The summed E-state index contributed by atoms with van der Waals surface area (Å²) in [4.78, 5) is 13.6. The highest BCUT2D eigenvalue weighted by Crippen LogP contribution is 2.17. The molecule has 0 aliphatic rings. The van der Waals surface area contributed by atoms with Crippen molar-refractivity contribution in [3.8, 4) is 17.6 Å². The highest BCUT2D eigenvalue weighted by molar-refractivity contribution is 6.30. The maximum Gasteiger partial charge on any atom is 0.260 e. The van der Waals surface area contributed by atoms with Crippen LogP contribution in [0, 0.1) is 11.3 Å². The molecule has 124 valence electrons. The number of nitrogens with zero attached hydrogens (tertiary/aromatic N) is 2. The van der Waals surface area contributed by atoms with Gasteiger partial charge in [0, 0.05) is 12.1 Å². The molecule has 0 N–H and O–H groups in total. The van der Waals surface area contributed by atoms with E-state index in [2.05, 4.69) is 0 Å². The zero-order valence-corrected chi connectivity index (χ0v) is 14.0. The zero-order valence-electron chi connectivity index (χ0n) is 13.2. The lowest BCUT2D eigenvalue weighted by atomic mass is 10.2. The third-order valence-corrected chi connectivity index (χ3v) is 3.55. The predicted molar refractivity (Wildman–Crippen MR) is 91.2 cm³/mol. The minimum atomic E-state index is -0.192. The second kappa shape index (κ2) is 8.80. The van der Waals surface area contributed by atoms with Gasteiger partial charge in [-0.15, -0.1) is 0 Å². The third-order valence-electron chi connectivity index (χ3n) is 3.29. The van der Waals surface area contributed by atoms with Crippen LogP contribution in [-0.2, 0) is 4.79 Å². The Balaban J connectivity index is 1.76. The molecule has 0 unspecified atom stereocenters. The maximum atomic E-state index is 12.0. The molecule has 0 saturated carbocycles. The van der Waals surface area contributed by atoms with Crippen LogP contribution in [0.3, 0.4) is 0 Å². The van der Waals surface area contributed by atoms with Gasteiger partial charge in [-0.05, 0) is 36.4 Å². The minimum absolute atomic E-state index is 0.129. The van der Waals surface area contributed by atoms with Gasteiger partial charge in [-0.1, -0.05) is 23.7 Å². The van der Waals surface area contributed by atoms with Crippen molar-refractivity contribution in [2.45, 2.75) is 0 Å². The highest BCUT2D eigenvalue weighted by Gasteiger charge is 2.11. The first-order valence-corrected chi connectivity index (χ1v) is 7.72. The van der Waals surface area contributed by atoms with Crippen molar-refractivity contribution >= 4 is 17.5 Å². The van der Waals surface area contributed by atoms with E-state index >= 15 is 0 Å². The van der Waals surface area contributed by atoms with Crippen LogP contribution in [0.5, 0.6) is 11.5 Å². The van der Waals surface area contributed by atoms with E-state index in [9.17, 15) is 4.79 Å². The summed E-state index contributed by atoms with van der Waals surface area (Å²) in [5, 5.41) is 9.63. The maximum absolute atomic E-state index is 12.0. The quantitative estimate of drug-likeness (QED) is 0.774. The molecule has 0 fully saturated rings. The normalized spacial score (nSPS) is 9.88. The molecule has 2 aromatic carbocycles. The van der Waals surface area contributed by atoms with Crippen LogP contribution >= 0.6 is 11.6 Å². The Bertz CT molecular complexity index is 726. The number of hydrogen-bond donors (Lipinski definition) is 0. The summed E-state index contributed by atoms with van der Waals surface area (Å²) < 4.78 is 11.0. The fraction of sp³-hybridized carbons (Fsp3) is 0.222. The standard InChI is InChI=1S/C18H17ClN2O3/c1-21(10-11-23-16-8-6-15(19)7-9-16)18(22)13-24-17-5-3-2-4-14(17)12-20/h2-9H,10-11,13H2,1H3. The van der Waals surface area contributed by atoms with Crippen molar-refractivity contribution in [3.63, 3.8) is 0 Å². The highest BCUT2D eigenvalue weighted by atomic mass is 35.5. The molecular formula is C18H17ClN2O3. The number of amides is 1. The van der Waals surface area contributed by atoms with Crippen molar-refractivity contribution in [2.75, 3.05) is 26.8 Å². The SMILES string of the molecule is CN(CCOc1ccc(Cl)cc1)C(=O)COc1ccccc1C#N. The number of nitriles is 1. The lowest BCUT2D eigenvalue weighted by Crippen LogP contribution is -2.34. The van der Waals surface area contributed by atoms with Gasteiger partial charge in [-0.2, -0.15) is 5.26 Å². The van der Waals surface area contributed by atoms with E-state index in [1.165, 1.54) is 4.90 Å². The van der Waals surface area contributed by atoms with Crippen LogP contribution in [-0.4, -0.2) is 37.6 Å². The predicted octanol–water partition coefficient (Wildman–Crippen LogP) is 3.13. The van der Waals surface area contributed by atoms with E-state index in [0.29, 0.717) is 35.2 Å². The van der Waals surface area contributed by atoms with Crippen molar-refractivity contribution in [1.29, 1.82) is 5.26 Å². The van der Waals surface area contributed by atoms with E-state index in [1.54, 1.807) is 55.6 Å². The number of para-hydroxylation sites is 1. The van der Waals surface area contributed by atoms with Gasteiger partial charge < -0.3 is 14.4 Å². The van der Waals surface area contributed by atoms with Gasteiger partial charge in [-0.3, -0.25) is 4.79 Å². The second-order valence-electron chi connectivity index (χ2n) is 5.01. The molecule has 0 radical (unpaired) electrons. The summed E-state index contributed by atoms with van der Waals surface area (Å²) in [6, 6.07) is 15.9. The van der Waals surface area contributed by atoms with Crippen LogP contribution in [0.4, 0.5) is 0 Å². The molecule has 5 nitrogen and oxygen atoms in total. The Morgan fingerprint density at radius 1 is 1.17 bits per heavy atom. The number of carbonyl (C=O) groups is 1. The number of halogens is 1. The smallest absolute Gasteiger partial charge is 0.260 e. The molecule has 0 saturated heterocycles. The summed E-state index contributed by atoms with van der Waals surface area (Å²) in [5.41, 5.74) is 0.402. The average molecular weight is 345 g/mol. The second-order valence-corrected chi connectivity index (χ2v) is 5.45. The summed E-state index contributed by atoms with van der Waals surface area (Å²) >= 11 is 5.80. The van der Waals surface area contributed by atoms with E-state index in [4.69, 9.17) is 26.3 Å². The fourth-order valence-corrected chi connectivity index (χ4v) is 2.02. The van der Waals surface area contributed by atoms with Gasteiger partial charge in [0.2, 0.25) is 0 Å². The summed E-state index contributed by atoms with van der Waals surface area (Å²) in [6.07, 6.45) is 0. The van der Waals surface area contributed by atoms with E-state index in [0.717, 1.165) is 0 Å². The van der Waals surface area contributed by atoms with E-state index in [1.807, 2.05) is 6.07 Å². The molecule has 0 aliphatic carbocycles. The molecule has 2 aromatic rings. The molecule has 2 rings (SSSR count). The summed E-state index contributed by atoms with van der Waals surface area (Å²) in [6.45, 7) is 0.652. The fourth-order valence-electron chi connectivity index (χ4n) is 1.89. The summed E-state index contributed by atoms with van der Waals surface area (Å²) in [7, 11) is 1.67. The first kappa shape index (κ1) is 17.6. The van der Waals surface area contributed by atoms with Crippen molar-refractivity contribution in [1.82, 2.24) is 4.90 Å². The van der Waals surface area contributed by atoms with Crippen molar-refractivity contribution < 1.29 is 14.3 Å². The van der Waals surface area contributed by atoms with E-state index in [-0.39, 0.29) is 12.5 Å². The van der Waals surface area contributed by atoms with Gasteiger partial charge >= 0.3 is 0 Å². The van der Waals surface area contributed by atoms with E-state index < -0.39 is 0 Å². The Labute approximate surface area is 146 Å². The zero-order chi connectivity index (χ0) is 17.4. The van der Waals surface area contributed by atoms with Crippen molar-refractivity contribution in [3.05, 3.63) is 59.1 Å². The Morgan fingerprint density at radius 2 is 1.88 bits per heavy atom. The van der Waals surface area contributed by atoms with Crippen molar-refractivity contribution in [2.24, 2.45) is 0 Å². The number of rotatable bonds is 7. The molecule has 6 heteroatoms. The Morgan fingerprint density at radius 3 is 2.58 bits per heavy atom. The van der Waals surface area contributed by atoms with Gasteiger partial charge in [0.25, 0.3) is 5.91 Å². The molecule has 0 atom stereocenters. The number of likely N-dealkylation sites (N-methyl/N-ethyl adjacent to an activating group) is 1. The lowest BCUT2D eigenvalue weighted by molar-refractivity contribution is -0.132. The topological polar surface area (TPSA) is 62.6 Å². The van der Waals surface area contributed by atoms with Crippen LogP contribution in [0.2, 0.25) is 5.02 Å².